The number of fused-ring (bicyclic) bond motifs is 1. The number of hydrogen-bond acceptors (Lipinski definition) is 4. The van der Waals surface area contributed by atoms with E-state index in [1.807, 2.05) is 0 Å². The van der Waals surface area contributed by atoms with Crippen LogP contribution in [0.5, 0.6) is 0 Å². The van der Waals surface area contributed by atoms with E-state index in [1.165, 1.54) is 0 Å². The molecule has 0 unspecified atom stereocenters. The zero-order valence-corrected chi connectivity index (χ0v) is 7.66. The molecular formula is C6H5IN4+. The Morgan fingerprint density at radius 2 is 2.45 bits per heavy atom. The van der Waals surface area contributed by atoms with E-state index < -0.39 is 0 Å². The summed E-state index contributed by atoms with van der Waals surface area (Å²) in [5.74, 6) is 1.32. The molecule has 0 fully saturated rings. The van der Waals surface area contributed by atoms with Gasteiger partial charge in [0.05, 0.1) is 3.58 Å². The van der Waals surface area contributed by atoms with Crippen molar-refractivity contribution in [3.8, 4) is 0 Å². The third kappa shape index (κ3) is 0.953. The molecule has 55 valence electrons. The van der Waals surface area contributed by atoms with Crippen LogP contribution in [-0.2, 0) is 0 Å². The number of rotatable bonds is 0. The van der Waals surface area contributed by atoms with E-state index in [4.69, 9.17) is 5.73 Å². The predicted octanol–water partition coefficient (Wildman–Crippen LogP) is -0.187. The van der Waals surface area contributed by atoms with Gasteiger partial charge >= 0.3 is 5.84 Å². The molecule has 4 nitrogen and oxygen atoms in total. The van der Waals surface area contributed by atoms with Crippen molar-refractivity contribution in [3.05, 3.63) is 21.2 Å². The Balaban J connectivity index is 2.55. The van der Waals surface area contributed by atoms with Gasteiger partial charge in [-0.05, 0) is 27.6 Å². The lowest BCUT2D eigenvalue weighted by Gasteiger charge is -2.03. The summed E-state index contributed by atoms with van der Waals surface area (Å²) < 4.78 is 1.03. The average molecular weight is 260 g/mol. The predicted molar refractivity (Wildman–Crippen MR) is 52.1 cm³/mol. The van der Waals surface area contributed by atoms with Crippen molar-refractivity contribution in [2.75, 3.05) is 0 Å². The standard InChI is InChI=1S/C6H5IN4/c7-3-1-9-6-4(3)5(8)10-2-11-6/h1-2H,8H2,(H,10,11)/q+1. The molecule has 0 amide bonds. The fourth-order valence-electron chi connectivity index (χ4n) is 0.944. The smallest absolute Gasteiger partial charge is 0.334 e. The molecule has 2 aliphatic rings. The van der Waals surface area contributed by atoms with Crippen LogP contribution in [0.15, 0.2) is 26.2 Å². The molecule has 0 aromatic heterocycles. The molecule has 1 radical (unpaired) electrons. The molecule has 11 heavy (non-hydrogen) atoms. The van der Waals surface area contributed by atoms with Gasteiger partial charge in [-0.3, -0.25) is 0 Å². The first-order chi connectivity index (χ1) is 5.29. The van der Waals surface area contributed by atoms with E-state index >= 15 is 0 Å². The molecule has 0 aliphatic carbocycles. The number of hydrogen-bond donors (Lipinski definition) is 2. The Hall–Kier alpha value is -0.850. The lowest BCUT2D eigenvalue weighted by Crippen LogP contribution is -2.30. The Morgan fingerprint density at radius 1 is 1.64 bits per heavy atom. The van der Waals surface area contributed by atoms with Gasteiger partial charge in [0.25, 0.3) is 0 Å². The van der Waals surface area contributed by atoms with Crippen LogP contribution < -0.4 is 16.0 Å². The first kappa shape index (κ1) is 6.84. The highest BCUT2D eigenvalue weighted by atomic mass is 127. The summed E-state index contributed by atoms with van der Waals surface area (Å²) in [7, 11) is 0. The summed E-state index contributed by atoms with van der Waals surface area (Å²) in [6.45, 7) is 0. The van der Waals surface area contributed by atoms with Crippen LogP contribution >= 0.6 is 22.6 Å². The fourth-order valence-corrected chi connectivity index (χ4v) is 1.62. The topological polar surface area (TPSA) is 64.5 Å². The summed E-state index contributed by atoms with van der Waals surface area (Å²) in [5, 5.41) is 2.91. The van der Waals surface area contributed by atoms with E-state index in [0.717, 1.165) is 15.0 Å². The molecule has 0 saturated heterocycles. The maximum Gasteiger partial charge on any atom is 0.334 e. The quantitative estimate of drug-likeness (QED) is 0.593. The van der Waals surface area contributed by atoms with Crippen LogP contribution in [0, 0.1) is 0 Å². The van der Waals surface area contributed by atoms with E-state index in [-0.39, 0.29) is 0 Å². The minimum atomic E-state index is 0.528. The molecule has 2 rings (SSSR count). The van der Waals surface area contributed by atoms with Crippen molar-refractivity contribution < 1.29 is 0 Å². The highest BCUT2D eigenvalue weighted by Gasteiger charge is 2.29. The van der Waals surface area contributed by atoms with Gasteiger partial charge in [-0.2, -0.15) is 4.99 Å². The molecule has 0 spiro atoms. The zero-order valence-electron chi connectivity index (χ0n) is 5.50. The number of nitrogens with zero attached hydrogens (tertiary/aromatic N) is 2. The average Bonchev–Trinajstić information content (AvgIpc) is 2.34. The number of amidine groups is 1. The lowest BCUT2D eigenvalue weighted by atomic mass is 10.2. The summed E-state index contributed by atoms with van der Waals surface area (Å²) in [4.78, 5) is 8.01. The minimum absolute atomic E-state index is 0.528. The molecule has 0 aromatic carbocycles. The van der Waals surface area contributed by atoms with E-state index in [9.17, 15) is 0 Å². The van der Waals surface area contributed by atoms with E-state index in [1.54, 1.807) is 12.5 Å². The first-order valence-electron chi connectivity index (χ1n) is 3.02. The Bertz CT molecular complexity index is 323. The Morgan fingerprint density at radius 3 is 3.18 bits per heavy atom. The van der Waals surface area contributed by atoms with Gasteiger partial charge in [-0.15, -0.1) is 0 Å². The van der Waals surface area contributed by atoms with Crippen LogP contribution in [0.4, 0.5) is 0 Å². The van der Waals surface area contributed by atoms with Crippen LogP contribution in [0.25, 0.3) is 0 Å². The third-order valence-electron chi connectivity index (χ3n) is 1.44. The Kier molecular flexibility index (Phi) is 1.45. The van der Waals surface area contributed by atoms with Gasteiger partial charge < -0.3 is 5.73 Å². The van der Waals surface area contributed by atoms with E-state index in [0.29, 0.717) is 5.82 Å². The van der Waals surface area contributed by atoms with Crippen molar-refractivity contribution in [2.24, 2.45) is 10.7 Å². The summed E-state index contributed by atoms with van der Waals surface area (Å²) in [5.41, 5.74) is 6.54. The summed E-state index contributed by atoms with van der Waals surface area (Å²) in [6, 6.07) is 0. The molecule has 5 heteroatoms. The van der Waals surface area contributed by atoms with Gasteiger partial charge in [-0.1, -0.05) is 0 Å². The van der Waals surface area contributed by atoms with Crippen molar-refractivity contribution >= 4 is 34.8 Å². The van der Waals surface area contributed by atoms with Gasteiger partial charge in [0, 0.05) is 0 Å². The maximum absolute atomic E-state index is 5.63. The van der Waals surface area contributed by atoms with Crippen molar-refractivity contribution in [3.63, 3.8) is 0 Å². The zero-order chi connectivity index (χ0) is 7.84. The SMILES string of the molecule is NC1=C2C(I)=C[N+]=C2NC=N1. The molecule has 0 saturated carbocycles. The van der Waals surface area contributed by atoms with Gasteiger partial charge in [0.2, 0.25) is 0 Å². The van der Waals surface area contributed by atoms with Crippen LogP contribution in [0.1, 0.15) is 0 Å². The number of halogens is 1. The monoisotopic (exact) mass is 260 g/mol. The fraction of sp³-hybridized carbons (Fsp3) is 0. The lowest BCUT2D eigenvalue weighted by molar-refractivity contribution is 1.16. The molecule has 3 N–H and O–H groups in total. The van der Waals surface area contributed by atoms with Crippen LogP contribution in [0.2, 0.25) is 0 Å². The second kappa shape index (κ2) is 2.33. The minimum Gasteiger partial charge on any atom is -0.383 e. The number of nitrogens with one attached hydrogen (secondary N) is 1. The van der Waals surface area contributed by atoms with Gasteiger partial charge in [0.1, 0.15) is 11.4 Å². The molecule has 0 bridgehead atoms. The number of nitrogens with two attached hydrogens (primary N) is 1. The molecule has 0 atom stereocenters. The van der Waals surface area contributed by atoms with Crippen LogP contribution in [-0.4, -0.2) is 12.2 Å². The highest BCUT2D eigenvalue weighted by molar-refractivity contribution is 14.1. The molecular weight excluding hydrogens is 255 g/mol. The molecule has 0 aromatic rings. The summed E-state index contributed by atoms with van der Waals surface area (Å²) in [6.07, 6.45) is 3.31. The van der Waals surface area contributed by atoms with Crippen LogP contribution in [0.3, 0.4) is 0 Å². The molecule has 2 aliphatic heterocycles. The van der Waals surface area contributed by atoms with Crippen molar-refractivity contribution in [1.29, 1.82) is 0 Å². The van der Waals surface area contributed by atoms with Crippen molar-refractivity contribution in [2.45, 2.75) is 0 Å². The van der Waals surface area contributed by atoms with Gasteiger partial charge in [-0.25, -0.2) is 5.32 Å². The Labute approximate surface area is 77.1 Å². The van der Waals surface area contributed by atoms with E-state index in [2.05, 4.69) is 37.9 Å². The second-order valence-corrected chi connectivity index (χ2v) is 3.28. The largest absolute Gasteiger partial charge is 0.383 e. The first-order valence-corrected chi connectivity index (χ1v) is 4.10. The van der Waals surface area contributed by atoms with Crippen molar-refractivity contribution in [1.82, 2.24) is 10.3 Å². The normalized spacial score (nSPS) is 20.8. The summed E-state index contributed by atoms with van der Waals surface area (Å²) >= 11 is 2.18. The second-order valence-electron chi connectivity index (χ2n) is 2.12. The molecule has 2 heterocycles. The maximum atomic E-state index is 5.63. The van der Waals surface area contributed by atoms with Gasteiger partial charge in [0.15, 0.2) is 12.5 Å². The number of aliphatic imine (C=N–C) groups is 2. The third-order valence-corrected chi connectivity index (χ3v) is 2.26. The highest BCUT2D eigenvalue weighted by Crippen LogP contribution is 2.23.